The average Bonchev–Trinajstić information content (AvgIpc) is 3.15. The van der Waals surface area contributed by atoms with E-state index in [1.807, 2.05) is 24.3 Å². The van der Waals surface area contributed by atoms with Gasteiger partial charge in [-0.1, -0.05) is 12.1 Å². The molecule has 0 radical (unpaired) electrons. The Bertz CT molecular complexity index is 950. The number of alkyl halides is 3. The molecule has 0 spiro atoms. The summed E-state index contributed by atoms with van der Waals surface area (Å²) in [4.78, 5) is 16.2. The number of carbonyl (C=O) groups is 1. The number of hydrogen-bond acceptors (Lipinski definition) is 4. The number of oxazole rings is 1. The first-order valence-electron chi connectivity index (χ1n) is 8.41. The van der Waals surface area contributed by atoms with Crippen molar-refractivity contribution in [3.05, 3.63) is 66.2 Å². The maximum absolute atomic E-state index is 12.5. The monoisotopic (exact) mass is 390 g/mol. The van der Waals surface area contributed by atoms with Gasteiger partial charge in [-0.05, 0) is 36.4 Å². The van der Waals surface area contributed by atoms with Crippen LogP contribution in [0.2, 0.25) is 0 Å². The molecular formula is C20H17F3N2O3. The topological polar surface area (TPSA) is 64.4 Å². The average molecular weight is 390 g/mol. The number of ether oxygens (including phenoxy) is 1. The molecule has 3 aromatic rings. The summed E-state index contributed by atoms with van der Waals surface area (Å²) in [6.07, 6.45) is -2.50. The highest BCUT2D eigenvalue weighted by atomic mass is 19.4. The predicted molar refractivity (Wildman–Crippen MR) is 96.9 cm³/mol. The van der Waals surface area contributed by atoms with E-state index in [1.165, 1.54) is 12.1 Å². The van der Waals surface area contributed by atoms with E-state index in [0.717, 1.165) is 17.7 Å². The summed E-state index contributed by atoms with van der Waals surface area (Å²) in [5.74, 6) is 1.28. The van der Waals surface area contributed by atoms with Gasteiger partial charge in [0.25, 0.3) is 0 Å². The van der Waals surface area contributed by atoms with Gasteiger partial charge in [0.05, 0.1) is 18.9 Å². The minimum absolute atomic E-state index is 0.0824. The molecule has 3 rings (SSSR count). The highest BCUT2D eigenvalue weighted by Crippen LogP contribution is 2.30. The van der Waals surface area contributed by atoms with E-state index in [1.54, 1.807) is 13.3 Å². The summed E-state index contributed by atoms with van der Waals surface area (Å²) < 4.78 is 48.5. The Balaban J connectivity index is 1.56. The summed E-state index contributed by atoms with van der Waals surface area (Å²) in [5, 5.41) is 2.55. The Kier molecular flexibility index (Phi) is 5.67. The molecule has 1 N–H and O–H groups in total. The molecule has 0 saturated heterocycles. The summed E-state index contributed by atoms with van der Waals surface area (Å²) in [7, 11) is 1.57. The van der Waals surface area contributed by atoms with Crippen molar-refractivity contribution in [3.8, 4) is 17.1 Å². The number of nitrogens with zero attached hydrogens (tertiary/aromatic N) is 1. The Morgan fingerprint density at radius 1 is 1.18 bits per heavy atom. The second-order valence-electron chi connectivity index (χ2n) is 5.97. The lowest BCUT2D eigenvalue weighted by molar-refractivity contribution is -0.137. The lowest BCUT2D eigenvalue weighted by atomic mass is 10.2. The van der Waals surface area contributed by atoms with Crippen molar-refractivity contribution in [2.45, 2.75) is 19.0 Å². The van der Waals surface area contributed by atoms with Gasteiger partial charge in [0.1, 0.15) is 5.75 Å². The largest absolute Gasteiger partial charge is 0.497 e. The molecule has 1 heterocycles. The van der Waals surface area contributed by atoms with E-state index < -0.39 is 11.7 Å². The molecule has 0 fully saturated rings. The molecule has 28 heavy (non-hydrogen) atoms. The van der Waals surface area contributed by atoms with Crippen molar-refractivity contribution in [1.82, 2.24) is 4.98 Å². The van der Waals surface area contributed by atoms with E-state index in [2.05, 4.69) is 10.3 Å². The van der Waals surface area contributed by atoms with Gasteiger partial charge in [-0.15, -0.1) is 0 Å². The van der Waals surface area contributed by atoms with Crippen LogP contribution in [-0.2, 0) is 17.4 Å². The fraction of sp³-hybridized carbons (Fsp3) is 0.200. The van der Waals surface area contributed by atoms with Crippen molar-refractivity contribution in [3.63, 3.8) is 0 Å². The number of aryl methyl sites for hydroxylation is 1. The molecule has 0 aliphatic heterocycles. The number of amides is 1. The van der Waals surface area contributed by atoms with Crippen LogP contribution in [0.5, 0.6) is 5.75 Å². The van der Waals surface area contributed by atoms with Crippen LogP contribution in [0.15, 0.2) is 59.1 Å². The van der Waals surface area contributed by atoms with E-state index in [4.69, 9.17) is 9.15 Å². The number of halogens is 3. The minimum atomic E-state index is -4.41. The predicted octanol–water partition coefficient (Wildman–Crippen LogP) is 4.94. The Morgan fingerprint density at radius 3 is 2.61 bits per heavy atom. The van der Waals surface area contributed by atoms with E-state index in [-0.39, 0.29) is 18.7 Å². The Morgan fingerprint density at radius 2 is 1.93 bits per heavy atom. The number of aromatic nitrogens is 1. The number of benzene rings is 2. The van der Waals surface area contributed by atoms with Crippen LogP contribution in [0.3, 0.4) is 0 Å². The minimum Gasteiger partial charge on any atom is -0.497 e. The third kappa shape index (κ3) is 4.91. The molecule has 1 amide bonds. The molecule has 0 aliphatic rings. The number of anilines is 1. The van der Waals surface area contributed by atoms with Gasteiger partial charge in [0.15, 0.2) is 11.7 Å². The van der Waals surface area contributed by atoms with Crippen LogP contribution in [0.1, 0.15) is 17.9 Å². The van der Waals surface area contributed by atoms with Crippen LogP contribution in [-0.4, -0.2) is 18.0 Å². The zero-order valence-corrected chi connectivity index (χ0v) is 14.9. The van der Waals surface area contributed by atoms with Crippen molar-refractivity contribution in [1.29, 1.82) is 0 Å². The van der Waals surface area contributed by atoms with E-state index in [9.17, 15) is 18.0 Å². The highest BCUT2D eigenvalue weighted by Gasteiger charge is 2.29. The maximum Gasteiger partial charge on any atom is 0.416 e. The zero-order valence-electron chi connectivity index (χ0n) is 14.9. The molecule has 0 aliphatic carbocycles. The van der Waals surface area contributed by atoms with Gasteiger partial charge in [0.2, 0.25) is 5.91 Å². The summed E-state index contributed by atoms with van der Waals surface area (Å²) in [6, 6.07) is 11.6. The number of methoxy groups -OCH3 is 1. The smallest absolute Gasteiger partial charge is 0.416 e. The van der Waals surface area contributed by atoms with Gasteiger partial charge in [-0.3, -0.25) is 4.79 Å². The van der Waals surface area contributed by atoms with Crippen LogP contribution >= 0.6 is 0 Å². The van der Waals surface area contributed by atoms with Gasteiger partial charge in [-0.2, -0.15) is 13.2 Å². The van der Waals surface area contributed by atoms with Crippen LogP contribution in [0.25, 0.3) is 11.3 Å². The molecule has 0 atom stereocenters. The van der Waals surface area contributed by atoms with Crippen molar-refractivity contribution >= 4 is 11.6 Å². The first kappa shape index (κ1) is 19.5. The lowest BCUT2D eigenvalue weighted by Gasteiger charge is -2.08. The quantitative estimate of drug-likeness (QED) is 0.648. The first-order chi connectivity index (χ1) is 13.3. The summed E-state index contributed by atoms with van der Waals surface area (Å²) >= 11 is 0. The van der Waals surface area contributed by atoms with Crippen molar-refractivity contribution < 1.29 is 27.1 Å². The molecule has 8 heteroatoms. The number of nitrogens with one attached hydrogen (secondary N) is 1. The summed E-state index contributed by atoms with van der Waals surface area (Å²) in [6.45, 7) is 0. The SMILES string of the molecule is COc1cccc(-c2cnc(CCC(=O)Nc3ccc(C(F)(F)F)cc3)o2)c1. The maximum atomic E-state index is 12.5. The zero-order chi connectivity index (χ0) is 20.1. The molecule has 2 aromatic carbocycles. The summed E-state index contributed by atoms with van der Waals surface area (Å²) in [5.41, 5.74) is 0.324. The van der Waals surface area contributed by atoms with Crippen molar-refractivity contribution in [2.24, 2.45) is 0 Å². The van der Waals surface area contributed by atoms with Gasteiger partial charge < -0.3 is 14.5 Å². The second-order valence-corrected chi connectivity index (χ2v) is 5.97. The van der Waals surface area contributed by atoms with E-state index >= 15 is 0 Å². The molecular weight excluding hydrogens is 373 g/mol. The lowest BCUT2D eigenvalue weighted by Crippen LogP contribution is -2.13. The Labute approximate surface area is 159 Å². The fourth-order valence-electron chi connectivity index (χ4n) is 2.52. The van der Waals surface area contributed by atoms with Gasteiger partial charge in [0, 0.05) is 24.1 Å². The molecule has 0 saturated carbocycles. The van der Waals surface area contributed by atoms with Crippen LogP contribution in [0, 0.1) is 0 Å². The van der Waals surface area contributed by atoms with Crippen LogP contribution in [0.4, 0.5) is 18.9 Å². The third-order valence-corrected chi connectivity index (χ3v) is 3.97. The third-order valence-electron chi connectivity index (χ3n) is 3.97. The van der Waals surface area contributed by atoms with Crippen LogP contribution < -0.4 is 10.1 Å². The standard InChI is InChI=1S/C20H17F3N2O3/c1-27-16-4-2-3-13(11-16)17-12-24-19(28-17)10-9-18(26)25-15-7-5-14(6-8-15)20(21,22)23/h2-8,11-12H,9-10H2,1H3,(H,25,26). The molecule has 146 valence electrons. The highest BCUT2D eigenvalue weighted by molar-refractivity contribution is 5.90. The van der Waals surface area contributed by atoms with Gasteiger partial charge in [-0.25, -0.2) is 4.98 Å². The van der Waals surface area contributed by atoms with Crippen molar-refractivity contribution in [2.75, 3.05) is 12.4 Å². The number of rotatable bonds is 6. The molecule has 1 aromatic heterocycles. The van der Waals surface area contributed by atoms with Gasteiger partial charge >= 0.3 is 6.18 Å². The normalized spacial score (nSPS) is 11.3. The molecule has 0 unspecified atom stereocenters. The first-order valence-corrected chi connectivity index (χ1v) is 8.41. The number of hydrogen-bond donors (Lipinski definition) is 1. The Hall–Kier alpha value is -3.29. The number of carbonyl (C=O) groups excluding carboxylic acids is 1. The fourth-order valence-corrected chi connectivity index (χ4v) is 2.52. The van der Waals surface area contributed by atoms with E-state index in [0.29, 0.717) is 23.1 Å². The molecule has 5 nitrogen and oxygen atoms in total. The second kappa shape index (κ2) is 8.16. The molecule has 0 bridgehead atoms.